The fourth-order valence-corrected chi connectivity index (χ4v) is 1.68. The summed E-state index contributed by atoms with van der Waals surface area (Å²) >= 11 is 0. The maximum absolute atomic E-state index is 13.0. The number of hydrogen-bond acceptors (Lipinski definition) is 2. The van der Waals surface area contributed by atoms with Gasteiger partial charge in [-0.25, -0.2) is 4.39 Å². The molecular formula is C13H16FN3. The van der Waals surface area contributed by atoms with E-state index >= 15 is 0 Å². The minimum absolute atomic E-state index is 0.215. The van der Waals surface area contributed by atoms with E-state index < -0.39 is 0 Å². The minimum Gasteiger partial charge on any atom is -0.383 e. The number of nitrogens with one attached hydrogen (secondary N) is 1. The Morgan fingerprint density at radius 3 is 2.88 bits per heavy atom. The van der Waals surface area contributed by atoms with Gasteiger partial charge in [0, 0.05) is 18.4 Å². The van der Waals surface area contributed by atoms with E-state index in [0.29, 0.717) is 0 Å². The number of aryl methyl sites for hydroxylation is 2. The Kier molecular flexibility index (Phi) is 3.42. The Balaban J connectivity index is 1.91. The Morgan fingerprint density at radius 1 is 1.35 bits per heavy atom. The highest BCUT2D eigenvalue weighted by atomic mass is 19.1. The van der Waals surface area contributed by atoms with Crippen LogP contribution in [0, 0.1) is 19.7 Å². The van der Waals surface area contributed by atoms with Crippen LogP contribution in [-0.4, -0.2) is 16.3 Å². The molecule has 0 aliphatic rings. The number of benzene rings is 1. The van der Waals surface area contributed by atoms with Gasteiger partial charge in [0.25, 0.3) is 0 Å². The quantitative estimate of drug-likeness (QED) is 0.880. The number of anilines is 1. The molecule has 0 unspecified atom stereocenters. The Morgan fingerprint density at radius 2 is 2.18 bits per heavy atom. The molecule has 0 radical (unpaired) electrons. The third-order valence-corrected chi connectivity index (χ3v) is 2.62. The number of hydrogen-bond donors (Lipinski definition) is 1. The molecule has 0 aliphatic heterocycles. The van der Waals surface area contributed by atoms with Gasteiger partial charge < -0.3 is 5.32 Å². The molecule has 2 aromatic rings. The molecule has 17 heavy (non-hydrogen) atoms. The summed E-state index contributed by atoms with van der Waals surface area (Å²) in [7, 11) is 0. The molecule has 1 aromatic heterocycles. The van der Waals surface area contributed by atoms with Gasteiger partial charge in [0.2, 0.25) is 0 Å². The molecule has 1 N–H and O–H groups in total. The predicted octanol–water partition coefficient (Wildman–Crippen LogP) is 2.75. The van der Waals surface area contributed by atoms with Gasteiger partial charge in [0.05, 0.1) is 12.7 Å². The summed E-state index contributed by atoms with van der Waals surface area (Å²) in [5.74, 6) is -0.215. The lowest BCUT2D eigenvalue weighted by molar-refractivity contribution is 0.625. The van der Waals surface area contributed by atoms with E-state index in [1.165, 1.54) is 12.1 Å². The van der Waals surface area contributed by atoms with Gasteiger partial charge in [-0.2, -0.15) is 5.10 Å². The fraction of sp³-hybridized carbons (Fsp3) is 0.308. The molecule has 2 rings (SSSR count). The van der Waals surface area contributed by atoms with Crippen molar-refractivity contribution in [2.24, 2.45) is 0 Å². The smallest absolute Gasteiger partial charge is 0.125 e. The highest BCUT2D eigenvalue weighted by Gasteiger charge is 2.00. The molecule has 0 saturated heterocycles. The number of nitrogens with zero attached hydrogens (tertiary/aromatic N) is 2. The maximum atomic E-state index is 13.0. The first kappa shape index (κ1) is 11.6. The van der Waals surface area contributed by atoms with Crippen LogP contribution < -0.4 is 5.32 Å². The zero-order chi connectivity index (χ0) is 12.3. The Hall–Kier alpha value is -1.84. The van der Waals surface area contributed by atoms with Crippen molar-refractivity contribution in [1.82, 2.24) is 9.78 Å². The zero-order valence-corrected chi connectivity index (χ0v) is 10.1. The van der Waals surface area contributed by atoms with Crippen molar-refractivity contribution in [3.8, 4) is 0 Å². The molecule has 0 aliphatic carbocycles. The van der Waals surface area contributed by atoms with Gasteiger partial charge in [0.15, 0.2) is 0 Å². The molecule has 0 atom stereocenters. The summed E-state index contributed by atoms with van der Waals surface area (Å²) in [6.45, 7) is 5.46. The monoisotopic (exact) mass is 233 g/mol. The number of halogens is 1. The second-order valence-electron chi connectivity index (χ2n) is 4.17. The van der Waals surface area contributed by atoms with E-state index in [1.807, 2.05) is 30.9 Å². The third-order valence-electron chi connectivity index (χ3n) is 2.62. The second-order valence-corrected chi connectivity index (χ2v) is 4.17. The van der Waals surface area contributed by atoms with Gasteiger partial charge in [-0.3, -0.25) is 4.68 Å². The number of aromatic nitrogens is 2. The van der Waals surface area contributed by atoms with Crippen molar-refractivity contribution in [2.75, 3.05) is 11.9 Å². The average molecular weight is 233 g/mol. The van der Waals surface area contributed by atoms with Crippen LogP contribution in [0.25, 0.3) is 0 Å². The van der Waals surface area contributed by atoms with Crippen LogP contribution >= 0.6 is 0 Å². The van der Waals surface area contributed by atoms with Crippen molar-refractivity contribution in [3.05, 3.63) is 47.5 Å². The molecular weight excluding hydrogens is 217 g/mol. The van der Waals surface area contributed by atoms with E-state index in [0.717, 1.165) is 29.9 Å². The SMILES string of the molecule is Cc1cnn(CCNc2cc(F)ccc2C)c1. The van der Waals surface area contributed by atoms with Crippen LogP contribution in [0.3, 0.4) is 0 Å². The normalized spacial score (nSPS) is 10.5. The summed E-state index contributed by atoms with van der Waals surface area (Å²) in [6.07, 6.45) is 3.81. The van der Waals surface area contributed by atoms with Crippen molar-refractivity contribution >= 4 is 5.69 Å². The van der Waals surface area contributed by atoms with E-state index in [9.17, 15) is 4.39 Å². The standard InChI is InChI=1S/C13H16FN3/c1-10-8-16-17(9-10)6-5-15-13-7-12(14)4-3-11(13)2/h3-4,7-9,15H,5-6H2,1-2H3. The van der Waals surface area contributed by atoms with Crippen LogP contribution in [-0.2, 0) is 6.54 Å². The summed E-state index contributed by atoms with van der Waals surface area (Å²) in [4.78, 5) is 0. The van der Waals surface area contributed by atoms with Crippen LogP contribution in [0.2, 0.25) is 0 Å². The van der Waals surface area contributed by atoms with Crippen LogP contribution in [0.5, 0.6) is 0 Å². The molecule has 0 amide bonds. The van der Waals surface area contributed by atoms with E-state index in [-0.39, 0.29) is 5.82 Å². The number of rotatable bonds is 4. The Labute approximate surface area is 100 Å². The molecule has 0 spiro atoms. The summed E-state index contributed by atoms with van der Waals surface area (Å²) in [5, 5.41) is 7.40. The maximum Gasteiger partial charge on any atom is 0.125 e. The van der Waals surface area contributed by atoms with Gasteiger partial charge >= 0.3 is 0 Å². The molecule has 90 valence electrons. The van der Waals surface area contributed by atoms with Gasteiger partial charge in [-0.15, -0.1) is 0 Å². The van der Waals surface area contributed by atoms with Crippen molar-refractivity contribution < 1.29 is 4.39 Å². The van der Waals surface area contributed by atoms with E-state index in [1.54, 1.807) is 6.07 Å². The third kappa shape index (κ3) is 3.06. The first-order chi connectivity index (χ1) is 8.15. The van der Waals surface area contributed by atoms with Crippen LogP contribution in [0.15, 0.2) is 30.6 Å². The first-order valence-electron chi connectivity index (χ1n) is 5.64. The molecule has 3 nitrogen and oxygen atoms in total. The zero-order valence-electron chi connectivity index (χ0n) is 10.1. The highest BCUT2D eigenvalue weighted by molar-refractivity contribution is 5.50. The van der Waals surface area contributed by atoms with Crippen LogP contribution in [0.1, 0.15) is 11.1 Å². The molecule has 0 fully saturated rings. The Bertz CT molecular complexity index is 505. The molecule has 4 heteroatoms. The second kappa shape index (κ2) is 4.99. The van der Waals surface area contributed by atoms with Crippen molar-refractivity contribution in [3.63, 3.8) is 0 Å². The molecule has 0 saturated carbocycles. The molecule has 1 aromatic carbocycles. The summed E-state index contributed by atoms with van der Waals surface area (Å²) in [6, 6.07) is 4.76. The van der Waals surface area contributed by atoms with Crippen LogP contribution in [0.4, 0.5) is 10.1 Å². The fourth-order valence-electron chi connectivity index (χ4n) is 1.68. The van der Waals surface area contributed by atoms with E-state index in [2.05, 4.69) is 10.4 Å². The molecule has 1 heterocycles. The van der Waals surface area contributed by atoms with E-state index in [4.69, 9.17) is 0 Å². The predicted molar refractivity (Wildman–Crippen MR) is 66.6 cm³/mol. The van der Waals surface area contributed by atoms with Crippen molar-refractivity contribution in [2.45, 2.75) is 20.4 Å². The average Bonchev–Trinajstić information content (AvgIpc) is 2.69. The lowest BCUT2D eigenvalue weighted by atomic mass is 10.2. The van der Waals surface area contributed by atoms with Gasteiger partial charge in [0.1, 0.15) is 5.82 Å². The highest BCUT2D eigenvalue weighted by Crippen LogP contribution is 2.15. The van der Waals surface area contributed by atoms with Crippen molar-refractivity contribution in [1.29, 1.82) is 0 Å². The minimum atomic E-state index is -0.215. The van der Waals surface area contributed by atoms with Gasteiger partial charge in [-0.1, -0.05) is 6.07 Å². The first-order valence-corrected chi connectivity index (χ1v) is 5.64. The largest absolute Gasteiger partial charge is 0.383 e. The summed E-state index contributed by atoms with van der Waals surface area (Å²) < 4.78 is 14.9. The molecule has 0 bridgehead atoms. The lowest BCUT2D eigenvalue weighted by Gasteiger charge is -2.09. The van der Waals surface area contributed by atoms with Gasteiger partial charge in [-0.05, 0) is 37.1 Å². The summed E-state index contributed by atoms with van der Waals surface area (Å²) in [5.41, 5.74) is 3.03. The lowest BCUT2D eigenvalue weighted by Crippen LogP contribution is -2.11. The topological polar surface area (TPSA) is 29.9 Å².